The number of nitrogens with one attached hydrogen (secondary N) is 1. The molecule has 106 valence electrons. The van der Waals surface area contributed by atoms with Crippen LogP contribution in [0, 0.1) is 11.6 Å². The number of rotatable bonds is 5. The van der Waals surface area contributed by atoms with Crippen LogP contribution in [-0.4, -0.2) is 17.3 Å². The van der Waals surface area contributed by atoms with Gasteiger partial charge in [0.15, 0.2) is 0 Å². The Morgan fingerprint density at radius 3 is 2.53 bits per heavy atom. The fourth-order valence-electron chi connectivity index (χ4n) is 1.57. The van der Waals surface area contributed by atoms with Crippen LogP contribution in [0.4, 0.5) is 8.78 Å². The van der Waals surface area contributed by atoms with E-state index in [4.69, 9.17) is 23.2 Å². The molecule has 1 N–H and O–H groups in total. The average Bonchev–Trinajstić information content (AvgIpc) is 2.33. The summed E-state index contributed by atoms with van der Waals surface area (Å²) in [6, 6.07) is 1.58. The van der Waals surface area contributed by atoms with Gasteiger partial charge >= 0.3 is 0 Å². The molecule has 0 heterocycles. The van der Waals surface area contributed by atoms with Gasteiger partial charge in [-0.1, -0.05) is 18.5 Å². The molecule has 0 fully saturated rings. The molecular formula is C13H15Cl2F2NO. The number of hydrogen-bond acceptors (Lipinski definition) is 1. The van der Waals surface area contributed by atoms with E-state index in [1.165, 1.54) is 0 Å². The van der Waals surface area contributed by atoms with Crippen molar-refractivity contribution in [2.45, 2.75) is 32.2 Å². The highest BCUT2D eigenvalue weighted by Crippen LogP contribution is 2.21. The first-order valence-corrected chi connectivity index (χ1v) is 6.77. The number of alkyl halides is 1. The van der Waals surface area contributed by atoms with Crippen molar-refractivity contribution in [1.82, 2.24) is 5.32 Å². The van der Waals surface area contributed by atoms with Crippen molar-refractivity contribution in [1.29, 1.82) is 0 Å². The lowest BCUT2D eigenvalue weighted by Crippen LogP contribution is -2.46. The molecule has 0 aromatic heterocycles. The molecule has 0 aliphatic carbocycles. The molecule has 0 saturated heterocycles. The van der Waals surface area contributed by atoms with Crippen molar-refractivity contribution < 1.29 is 13.6 Å². The van der Waals surface area contributed by atoms with Crippen molar-refractivity contribution in [3.63, 3.8) is 0 Å². The minimum absolute atomic E-state index is 0.354. The maximum absolute atomic E-state index is 13.6. The summed E-state index contributed by atoms with van der Waals surface area (Å²) >= 11 is 11.1. The number of carbonyl (C=O) groups is 1. The van der Waals surface area contributed by atoms with Crippen LogP contribution in [-0.2, 0) is 0 Å². The van der Waals surface area contributed by atoms with Crippen LogP contribution in [0.25, 0.3) is 0 Å². The molecular weight excluding hydrogens is 295 g/mol. The van der Waals surface area contributed by atoms with Gasteiger partial charge in [-0.15, -0.1) is 11.6 Å². The number of benzene rings is 1. The summed E-state index contributed by atoms with van der Waals surface area (Å²) in [5.41, 5.74) is -0.919. The van der Waals surface area contributed by atoms with E-state index >= 15 is 0 Å². The molecule has 1 aromatic rings. The smallest absolute Gasteiger partial charge is 0.254 e. The highest BCUT2D eigenvalue weighted by atomic mass is 35.5. The van der Waals surface area contributed by atoms with Crippen molar-refractivity contribution in [3.05, 3.63) is 34.4 Å². The maximum atomic E-state index is 13.6. The molecule has 1 atom stereocenters. The van der Waals surface area contributed by atoms with E-state index in [1.54, 1.807) is 6.92 Å². The molecule has 0 aliphatic heterocycles. The summed E-state index contributed by atoms with van der Waals surface area (Å²) < 4.78 is 26.9. The van der Waals surface area contributed by atoms with E-state index in [0.29, 0.717) is 18.7 Å². The molecule has 2 nitrogen and oxygen atoms in total. The van der Waals surface area contributed by atoms with Crippen molar-refractivity contribution in [2.75, 3.05) is 5.88 Å². The summed E-state index contributed by atoms with van der Waals surface area (Å²) in [6.45, 7) is 3.68. The molecule has 1 unspecified atom stereocenters. The number of hydrogen-bond donors (Lipinski definition) is 1. The second-order valence-corrected chi connectivity index (χ2v) is 5.34. The van der Waals surface area contributed by atoms with Gasteiger partial charge in [0.1, 0.15) is 11.6 Å². The van der Waals surface area contributed by atoms with Gasteiger partial charge < -0.3 is 5.32 Å². The molecule has 6 heteroatoms. The van der Waals surface area contributed by atoms with Gasteiger partial charge in [-0.05, 0) is 31.9 Å². The van der Waals surface area contributed by atoms with E-state index in [2.05, 4.69) is 5.32 Å². The van der Waals surface area contributed by atoms with Crippen LogP contribution in [0.1, 0.15) is 37.0 Å². The highest BCUT2D eigenvalue weighted by molar-refractivity contribution is 6.30. The minimum atomic E-state index is -0.853. The third-order valence-electron chi connectivity index (χ3n) is 3.10. The number of carbonyl (C=O) groups excluding carboxylic acids is 1. The van der Waals surface area contributed by atoms with E-state index in [1.807, 2.05) is 6.92 Å². The third kappa shape index (κ3) is 4.05. The zero-order chi connectivity index (χ0) is 14.6. The Morgan fingerprint density at radius 1 is 1.37 bits per heavy atom. The number of amides is 1. The van der Waals surface area contributed by atoms with Crippen LogP contribution in [0.15, 0.2) is 12.1 Å². The second-order valence-electron chi connectivity index (χ2n) is 4.55. The predicted molar refractivity (Wildman–Crippen MR) is 72.9 cm³/mol. The van der Waals surface area contributed by atoms with Crippen molar-refractivity contribution in [3.8, 4) is 0 Å². The van der Waals surface area contributed by atoms with Gasteiger partial charge in [-0.25, -0.2) is 8.78 Å². The largest absolute Gasteiger partial charge is 0.347 e. The maximum Gasteiger partial charge on any atom is 0.254 e. The third-order valence-corrected chi connectivity index (χ3v) is 3.58. The average molecular weight is 310 g/mol. The van der Waals surface area contributed by atoms with Gasteiger partial charge in [-0.2, -0.15) is 0 Å². The molecule has 0 radical (unpaired) electrons. The van der Waals surface area contributed by atoms with Crippen LogP contribution in [0.5, 0.6) is 0 Å². The summed E-state index contributed by atoms with van der Waals surface area (Å²) in [5.74, 6) is -2.00. The topological polar surface area (TPSA) is 29.1 Å². The minimum Gasteiger partial charge on any atom is -0.347 e. The van der Waals surface area contributed by atoms with Crippen LogP contribution < -0.4 is 5.32 Å². The Morgan fingerprint density at radius 2 is 2.00 bits per heavy atom. The molecule has 1 rings (SSSR count). The Balaban J connectivity index is 2.98. The van der Waals surface area contributed by atoms with Gasteiger partial charge in [0, 0.05) is 11.4 Å². The summed E-state index contributed by atoms with van der Waals surface area (Å²) in [4.78, 5) is 12.0. The van der Waals surface area contributed by atoms with E-state index < -0.39 is 23.1 Å². The highest BCUT2D eigenvalue weighted by Gasteiger charge is 2.26. The molecule has 1 aromatic carbocycles. The standard InChI is InChI=1S/C13H15Cl2F2NO/c1-3-13(2,4-5-14)18-12(19)8-6-11(17)9(15)7-10(8)16/h6-7H,3-5H2,1-2H3,(H,18,19). The molecule has 0 aliphatic rings. The van der Waals surface area contributed by atoms with Crippen LogP contribution >= 0.6 is 23.2 Å². The zero-order valence-electron chi connectivity index (χ0n) is 10.7. The summed E-state index contributed by atoms with van der Waals surface area (Å²) in [7, 11) is 0. The fraction of sp³-hybridized carbons (Fsp3) is 0.462. The Bertz CT molecular complexity index is 482. The van der Waals surface area contributed by atoms with Gasteiger partial charge in [-0.3, -0.25) is 4.79 Å². The SMILES string of the molecule is CCC(C)(CCCl)NC(=O)c1cc(F)c(Cl)cc1F. The predicted octanol–water partition coefficient (Wildman–Crippen LogP) is 4.15. The lowest BCUT2D eigenvalue weighted by Gasteiger charge is -2.29. The van der Waals surface area contributed by atoms with E-state index in [0.717, 1.165) is 12.1 Å². The molecule has 0 spiro atoms. The first-order chi connectivity index (χ1) is 8.83. The molecule has 0 saturated carbocycles. The monoisotopic (exact) mass is 309 g/mol. The van der Waals surface area contributed by atoms with Crippen LogP contribution in [0.2, 0.25) is 5.02 Å². The Hall–Kier alpha value is -0.870. The second kappa shape index (κ2) is 6.53. The first-order valence-electron chi connectivity index (χ1n) is 5.86. The quantitative estimate of drug-likeness (QED) is 0.642. The van der Waals surface area contributed by atoms with Gasteiger partial charge in [0.25, 0.3) is 5.91 Å². The van der Waals surface area contributed by atoms with Gasteiger partial charge in [0.05, 0.1) is 10.6 Å². The van der Waals surface area contributed by atoms with Crippen molar-refractivity contribution >= 4 is 29.1 Å². The lowest BCUT2D eigenvalue weighted by atomic mass is 9.95. The van der Waals surface area contributed by atoms with Gasteiger partial charge in [0.2, 0.25) is 0 Å². The fourth-order valence-corrected chi connectivity index (χ4v) is 2.14. The molecule has 19 heavy (non-hydrogen) atoms. The Labute approximate surface area is 121 Å². The number of halogens is 4. The zero-order valence-corrected chi connectivity index (χ0v) is 12.2. The van der Waals surface area contributed by atoms with E-state index in [-0.39, 0.29) is 10.6 Å². The summed E-state index contributed by atoms with van der Waals surface area (Å²) in [5, 5.41) is 2.32. The first kappa shape index (κ1) is 16.2. The molecule has 1 amide bonds. The van der Waals surface area contributed by atoms with Crippen molar-refractivity contribution in [2.24, 2.45) is 0 Å². The molecule has 0 bridgehead atoms. The lowest BCUT2D eigenvalue weighted by molar-refractivity contribution is 0.0897. The van der Waals surface area contributed by atoms with E-state index in [9.17, 15) is 13.6 Å². The normalized spacial score (nSPS) is 14.0. The Kier molecular flexibility index (Phi) is 5.56. The van der Waals surface area contributed by atoms with Crippen LogP contribution in [0.3, 0.4) is 0 Å². The summed E-state index contributed by atoms with van der Waals surface area (Å²) in [6.07, 6.45) is 1.16.